The van der Waals surface area contributed by atoms with Crippen LogP contribution in [0.3, 0.4) is 0 Å². The summed E-state index contributed by atoms with van der Waals surface area (Å²) >= 11 is 0. The predicted molar refractivity (Wildman–Crippen MR) is 130 cm³/mol. The van der Waals surface area contributed by atoms with Crippen molar-refractivity contribution in [3.63, 3.8) is 0 Å². The smallest absolute Gasteiger partial charge is 0.124 e. The van der Waals surface area contributed by atoms with E-state index in [1.165, 1.54) is 0 Å². The molecule has 34 heavy (non-hydrogen) atoms. The Morgan fingerprint density at radius 2 is 0.824 bits per heavy atom. The van der Waals surface area contributed by atoms with Gasteiger partial charge in [0.25, 0.3) is 0 Å². The molecule has 0 unspecified atom stereocenters. The second-order valence-electron chi connectivity index (χ2n) is 7.39. The first-order valence-corrected chi connectivity index (χ1v) is 10.4. The van der Waals surface area contributed by atoms with E-state index in [1.807, 2.05) is 84.9 Å². The number of halogens is 1. The normalized spacial score (nSPS) is 12.6. The van der Waals surface area contributed by atoms with Crippen LogP contribution in [0.15, 0.2) is 119 Å². The van der Waals surface area contributed by atoms with Crippen LogP contribution in [0.1, 0.15) is 34.3 Å². The summed E-state index contributed by atoms with van der Waals surface area (Å²) in [6.45, 7) is 0. The SMILES string of the molecule is Oc1ccccc1C=N[C@H](c1ccccc1)[C@H](N=Cc1ccccc1O)c1ccccc1.[Cl-].[Mn]. The molecule has 1 radical (unpaired) electrons. The van der Waals surface area contributed by atoms with Crippen molar-refractivity contribution in [2.24, 2.45) is 9.98 Å². The number of hydrogen-bond donors (Lipinski definition) is 2. The third-order valence-electron chi connectivity index (χ3n) is 5.20. The Bertz CT molecular complexity index is 1120. The zero-order valence-corrected chi connectivity index (χ0v) is 20.2. The number of phenols is 2. The maximum absolute atomic E-state index is 10.2. The minimum Gasteiger partial charge on any atom is -1.00 e. The average molecular weight is 511 g/mol. The van der Waals surface area contributed by atoms with Gasteiger partial charge in [-0.3, -0.25) is 9.98 Å². The molecule has 4 aromatic rings. The Kier molecular flexibility index (Phi) is 10.6. The number of phenolic OH excluding ortho intramolecular Hbond substituents is 2. The molecule has 0 aliphatic carbocycles. The van der Waals surface area contributed by atoms with Crippen molar-refractivity contribution < 1.29 is 39.7 Å². The molecule has 4 rings (SSSR count). The molecule has 2 N–H and O–H groups in total. The molecule has 2 atom stereocenters. The van der Waals surface area contributed by atoms with E-state index in [0.717, 1.165) is 11.1 Å². The summed E-state index contributed by atoms with van der Waals surface area (Å²) in [6.07, 6.45) is 3.39. The molecule has 0 fully saturated rings. The summed E-state index contributed by atoms with van der Waals surface area (Å²) in [4.78, 5) is 9.75. The molecule has 0 heterocycles. The molecule has 0 bridgehead atoms. The zero-order valence-electron chi connectivity index (χ0n) is 18.2. The number of para-hydroxylation sites is 2. The fraction of sp³-hybridized carbons (Fsp3) is 0.0714. The van der Waals surface area contributed by atoms with Gasteiger partial charge in [0.1, 0.15) is 23.6 Å². The van der Waals surface area contributed by atoms with Gasteiger partial charge >= 0.3 is 0 Å². The summed E-state index contributed by atoms with van der Waals surface area (Å²) in [7, 11) is 0. The molecule has 0 amide bonds. The molecule has 6 heteroatoms. The van der Waals surface area contributed by atoms with E-state index < -0.39 is 0 Å². The largest absolute Gasteiger partial charge is 1.00 e. The molecule has 4 nitrogen and oxygen atoms in total. The van der Waals surface area contributed by atoms with Crippen LogP contribution in [0.5, 0.6) is 11.5 Å². The van der Waals surface area contributed by atoms with E-state index in [4.69, 9.17) is 9.98 Å². The molecule has 173 valence electrons. The van der Waals surface area contributed by atoms with E-state index in [-0.39, 0.29) is 53.1 Å². The van der Waals surface area contributed by atoms with Crippen LogP contribution >= 0.6 is 0 Å². The maximum Gasteiger partial charge on any atom is 0.124 e. The standard InChI is InChI=1S/C28H24N2O2.ClH.Mn/c31-25-17-9-7-15-23(25)19-29-27(21-11-3-1-4-12-21)28(22-13-5-2-6-14-22)30-20-24-16-8-10-18-26(24)32;;/h1-20,27-28,31-32H;1H;/p-1/t27-,28-;;/m1../s1. The van der Waals surface area contributed by atoms with Gasteiger partial charge in [-0.15, -0.1) is 0 Å². The molecule has 0 aromatic heterocycles. The molecular weight excluding hydrogens is 487 g/mol. The van der Waals surface area contributed by atoms with Crippen molar-refractivity contribution in [2.45, 2.75) is 12.1 Å². The second kappa shape index (κ2) is 13.4. The Labute approximate surface area is 216 Å². The first-order chi connectivity index (χ1) is 15.7. The van der Waals surface area contributed by atoms with E-state index >= 15 is 0 Å². The van der Waals surface area contributed by atoms with Crippen LogP contribution < -0.4 is 12.4 Å². The summed E-state index contributed by atoms with van der Waals surface area (Å²) in [6, 6.07) is 33.5. The van der Waals surface area contributed by atoms with Crippen molar-refractivity contribution in [3.05, 3.63) is 131 Å². The van der Waals surface area contributed by atoms with Gasteiger partial charge in [-0.05, 0) is 35.4 Å². The van der Waals surface area contributed by atoms with Gasteiger partial charge in [0.2, 0.25) is 0 Å². The minimum atomic E-state index is -0.333. The number of aromatic hydroxyl groups is 2. The summed E-state index contributed by atoms with van der Waals surface area (Å²) in [5, 5.41) is 20.4. The van der Waals surface area contributed by atoms with Crippen LogP contribution in [0.4, 0.5) is 0 Å². The van der Waals surface area contributed by atoms with Crippen molar-refractivity contribution >= 4 is 12.4 Å². The van der Waals surface area contributed by atoms with Gasteiger partial charge in [-0.2, -0.15) is 0 Å². The van der Waals surface area contributed by atoms with Gasteiger partial charge in [0, 0.05) is 40.6 Å². The van der Waals surface area contributed by atoms with Gasteiger partial charge in [-0.25, -0.2) is 0 Å². The fourth-order valence-corrected chi connectivity index (χ4v) is 3.51. The number of aliphatic imine (C=N–C) groups is 2. The van der Waals surface area contributed by atoms with Crippen LogP contribution in [-0.2, 0) is 17.1 Å². The fourth-order valence-electron chi connectivity index (χ4n) is 3.51. The van der Waals surface area contributed by atoms with E-state index in [0.29, 0.717) is 11.1 Å². The topological polar surface area (TPSA) is 65.2 Å². The molecular formula is C28H24ClMnN2O2-. The Morgan fingerprint density at radius 3 is 1.18 bits per heavy atom. The number of hydrogen-bond acceptors (Lipinski definition) is 4. The quantitative estimate of drug-likeness (QED) is 0.296. The molecule has 0 aliphatic rings. The Balaban J connectivity index is 0.00000204. The molecule has 0 saturated heterocycles. The summed E-state index contributed by atoms with van der Waals surface area (Å²) in [5.74, 6) is 0.356. The van der Waals surface area contributed by atoms with E-state index in [1.54, 1.807) is 36.7 Å². The first-order valence-electron chi connectivity index (χ1n) is 10.4. The summed E-state index contributed by atoms with van der Waals surface area (Å²) < 4.78 is 0. The molecule has 0 saturated carbocycles. The van der Waals surface area contributed by atoms with E-state index in [9.17, 15) is 10.2 Å². The van der Waals surface area contributed by atoms with Crippen molar-refractivity contribution in [1.29, 1.82) is 0 Å². The van der Waals surface area contributed by atoms with Crippen LogP contribution in [0, 0.1) is 0 Å². The summed E-state index contributed by atoms with van der Waals surface area (Å²) in [5.41, 5.74) is 3.29. The Hall–Kier alpha value is -3.37. The maximum atomic E-state index is 10.2. The van der Waals surface area contributed by atoms with Gasteiger partial charge < -0.3 is 22.6 Å². The predicted octanol–water partition coefficient (Wildman–Crippen LogP) is 3.12. The number of nitrogens with zero attached hydrogens (tertiary/aromatic N) is 2. The molecule has 4 aromatic carbocycles. The monoisotopic (exact) mass is 510 g/mol. The Morgan fingerprint density at radius 1 is 0.500 bits per heavy atom. The third-order valence-corrected chi connectivity index (χ3v) is 5.20. The first kappa shape index (κ1) is 26.9. The van der Waals surface area contributed by atoms with Crippen LogP contribution in [0.25, 0.3) is 0 Å². The van der Waals surface area contributed by atoms with Gasteiger partial charge in [-0.1, -0.05) is 84.9 Å². The average Bonchev–Trinajstić information content (AvgIpc) is 2.84. The van der Waals surface area contributed by atoms with Gasteiger partial charge in [0.15, 0.2) is 0 Å². The zero-order chi connectivity index (χ0) is 22.2. The van der Waals surface area contributed by atoms with Gasteiger partial charge in [0.05, 0.1) is 0 Å². The van der Waals surface area contributed by atoms with Crippen molar-refractivity contribution in [2.75, 3.05) is 0 Å². The van der Waals surface area contributed by atoms with E-state index in [2.05, 4.69) is 0 Å². The molecule has 0 spiro atoms. The number of benzene rings is 4. The van der Waals surface area contributed by atoms with Crippen molar-refractivity contribution in [3.8, 4) is 11.5 Å². The van der Waals surface area contributed by atoms with Crippen LogP contribution in [0.2, 0.25) is 0 Å². The van der Waals surface area contributed by atoms with Crippen LogP contribution in [-0.4, -0.2) is 22.6 Å². The molecule has 0 aliphatic heterocycles. The number of rotatable bonds is 7. The van der Waals surface area contributed by atoms with Crippen molar-refractivity contribution in [1.82, 2.24) is 0 Å². The minimum absolute atomic E-state index is 0. The third kappa shape index (κ3) is 6.82. The second-order valence-corrected chi connectivity index (χ2v) is 7.39.